The number of benzene rings is 1. The van der Waals surface area contributed by atoms with Crippen molar-refractivity contribution in [1.82, 2.24) is 4.72 Å². The average Bonchev–Trinajstić information content (AvgIpc) is 2.75. The number of rotatable bonds is 5. The molecule has 1 aromatic carbocycles. The lowest BCUT2D eigenvalue weighted by Gasteiger charge is -2.12. The Hall–Kier alpha value is -0.960. The number of nitrogens with two attached hydrogens (primary N) is 1. The molecule has 0 aliphatic carbocycles. The van der Waals surface area contributed by atoms with Gasteiger partial charge in [0.15, 0.2) is 9.84 Å². The largest absolute Gasteiger partial charge is 0.326 e. The van der Waals surface area contributed by atoms with Gasteiger partial charge in [-0.15, -0.1) is 0 Å². The number of nitrogens with one attached hydrogen (secondary N) is 1. The van der Waals surface area contributed by atoms with Crippen molar-refractivity contribution in [3.8, 4) is 0 Å². The molecule has 3 N–H and O–H groups in total. The molecule has 1 fully saturated rings. The summed E-state index contributed by atoms with van der Waals surface area (Å²) in [5, 5.41) is -0.614. The topological polar surface area (TPSA) is 106 Å². The van der Waals surface area contributed by atoms with E-state index in [1.165, 1.54) is 6.07 Å². The lowest BCUT2D eigenvalue weighted by molar-refractivity contribution is 0.571. The van der Waals surface area contributed by atoms with Crippen LogP contribution in [0.25, 0.3) is 0 Å². The minimum absolute atomic E-state index is 0.0671. The molecule has 1 saturated heterocycles. The van der Waals surface area contributed by atoms with Gasteiger partial charge >= 0.3 is 0 Å². The monoisotopic (exact) mass is 332 g/mol. The van der Waals surface area contributed by atoms with Crippen LogP contribution in [-0.4, -0.2) is 34.4 Å². The summed E-state index contributed by atoms with van der Waals surface area (Å²) >= 11 is 0. The van der Waals surface area contributed by atoms with E-state index >= 15 is 0 Å². The highest BCUT2D eigenvalue weighted by molar-refractivity contribution is 7.92. The van der Waals surface area contributed by atoms with Crippen LogP contribution in [0.15, 0.2) is 23.1 Å². The first kappa shape index (κ1) is 16.4. The summed E-state index contributed by atoms with van der Waals surface area (Å²) in [5.74, 6) is 0.143. The highest BCUT2D eigenvalue weighted by Gasteiger charge is 2.32. The fourth-order valence-corrected chi connectivity index (χ4v) is 5.48. The number of hydrogen-bond acceptors (Lipinski definition) is 5. The predicted molar refractivity (Wildman–Crippen MR) is 81.1 cm³/mol. The van der Waals surface area contributed by atoms with Crippen molar-refractivity contribution in [2.24, 2.45) is 5.73 Å². The SMILES string of the molecule is Cc1cc(S(=O)(=O)NCC2CCCS2(=O)=O)ccc1CN. The molecule has 1 aliphatic heterocycles. The minimum atomic E-state index is -3.70. The number of sulfonamides is 1. The van der Waals surface area contributed by atoms with E-state index in [1.807, 2.05) is 0 Å². The van der Waals surface area contributed by atoms with Crippen LogP contribution in [0.4, 0.5) is 0 Å². The van der Waals surface area contributed by atoms with Crippen molar-refractivity contribution in [3.05, 3.63) is 29.3 Å². The van der Waals surface area contributed by atoms with Gasteiger partial charge in [0.25, 0.3) is 0 Å². The Labute approximate surface area is 125 Å². The van der Waals surface area contributed by atoms with E-state index in [9.17, 15) is 16.8 Å². The fraction of sp³-hybridized carbons (Fsp3) is 0.538. The van der Waals surface area contributed by atoms with Crippen LogP contribution in [0.1, 0.15) is 24.0 Å². The smallest absolute Gasteiger partial charge is 0.240 e. The summed E-state index contributed by atoms with van der Waals surface area (Å²) in [7, 11) is -6.85. The van der Waals surface area contributed by atoms with Crippen LogP contribution in [-0.2, 0) is 26.4 Å². The average molecular weight is 332 g/mol. The zero-order valence-corrected chi connectivity index (χ0v) is 13.5. The molecule has 21 heavy (non-hydrogen) atoms. The minimum Gasteiger partial charge on any atom is -0.326 e. The molecule has 0 aromatic heterocycles. The fourth-order valence-electron chi connectivity index (χ4n) is 2.44. The third kappa shape index (κ3) is 3.63. The zero-order valence-electron chi connectivity index (χ0n) is 11.9. The molecule has 1 aliphatic rings. The predicted octanol–water partition coefficient (Wildman–Crippen LogP) is 0.309. The van der Waals surface area contributed by atoms with E-state index in [4.69, 9.17) is 5.73 Å². The van der Waals surface area contributed by atoms with Crippen LogP contribution in [0.5, 0.6) is 0 Å². The van der Waals surface area contributed by atoms with Gasteiger partial charge in [0.1, 0.15) is 0 Å². The molecule has 118 valence electrons. The molecule has 1 aromatic rings. The maximum atomic E-state index is 12.2. The lowest BCUT2D eigenvalue weighted by atomic mass is 10.1. The molecule has 6 nitrogen and oxygen atoms in total. The van der Waals surface area contributed by atoms with Gasteiger partial charge in [-0.05, 0) is 43.0 Å². The third-order valence-corrected chi connectivity index (χ3v) is 7.51. The third-order valence-electron chi connectivity index (χ3n) is 3.81. The van der Waals surface area contributed by atoms with E-state index in [-0.39, 0.29) is 17.2 Å². The first-order valence-electron chi connectivity index (χ1n) is 6.77. The zero-order chi connectivity index (χ0) is 15.7. The van der Waals surface area contributed by atoms with E-state index in [0.717, 1.165) is 11.1 Å². The van der Waals surface area contributed by atoms with Crippen LogP contribution >= 0.6 is 0 Å². The molecule has 1 unspecified atom stereocenters. The molecule has 0 spiro atoms. The van der Waals surface area contributed by atoms with Crippen LogP contribution in [0.2, 0.25) is 0 Å². The highest BCUT2D eigenvalue weighted by Crippen LogP contribution is 2.20. The van der Waals surface area contributed by atoms with Crippen LogP contribution in [0, 0.1) is 6.92 Å². The Morgan fingerprint density at radius 3 is 2.62 bits per heavy atom. The quantitative estimate of drug-likeness (QED) is 0.807. The Balaban J connectivity index is 2.14. The summed E-state index contributed by atoms with van der Waals surface area (Å²) in [6.07, 6.45) is 1.11. The van der Waals surface area contributed by atoms with Crippen molar-refractivity contribution >= 4 is 19.9 Å². The van der Waals surface area contributed by atoms with Crippen LogP contribution in [0.3, 0.4) is 0 Å². The Morgan fingerprint density at radius 2 is 2.10 bits per heavy atom. The van der Waals surface area contributed by atoms with Crippen molar-refractivity contribution in [1.29, 1.82) is 0 Å². The second-order valence-corrected chi connectivity index (χ2v) is 9.44. The van der Waals surface area contributed by atoms with Crippen LogP contribution < -0.4 is 10.5 Å². The molecular formula is C13H20N2O4S2. The Morgan fingerprint density at radius 1 is 1.38 bits per heavy atom. The molecule has 0 radical (unpaired) electrons. The Bertz CT molecular complexity index is 727. The molecule has 1 heterocycles. The van der Waals surface area contributed by atoms with E-state index < -0.39 is 25.1 Å². The number of hydrogen-bond donors (Lipinski definition) is 2. The Kier molecular flexibility index (Phi) is 4.72. The van der Waals surface area contributed by atoms with E-state index in [1.54, 1.807) is 19.1 Å². The van der Waals surface area contributed by atoms with Gasteiger partial charge in [0, 0.05) is 13.1 Å². The normalized spacial score (nSPS) is 21.5. The van der Waals surface area contributed by atoms with Gasteiger partial charge in [-0.3, -0.25) is 0 Å². The van der Waals surface area contributed by atoms with Gasteiger partial charge in [0.05, 0.1) is 15.9 Å². The number of aryl methyl sites for hydroxylation is 1. The van der Waals surface area contributed by atoms with Crippen molar-refractivity contribution in [2.45, 2.75) is 36.5 Å². The van der Waals surface area contributed by atoms with Gasteiger partial charge in [0.2, 0.25) is 10.0 Å². The summed E-state index contributed by atoms with van der Waals surface area (Å²) < 4.78 is 50.2. The summed E-state index contributed by atoms with van der Waals surface area (Å²) in [5.41, 5.74) is 7.23. The highest BCUT2D eigenvalue weighted by atomic mass is 32.2. The maximum absolute atomic E-state index is 12.2. The second kappa shape index (κ2) is 6.04. The second-order valence-electron chi connectivity index (χ2n) is 5.28. The molecule has 0 amide bonds. The lowest BCUT2D eigenvalue weighted by Crippen LogP contribution is -2.34. The summed E-state index contributed by atoms with van der Waals surface area (Å²) in [6.45, 7) is 2.07. The molecule has 0 saturated carbocycles. The molecular weight excluding hydrogens is 312 g/mol. The molecule has 2 rings (SSSR count). The number of sulfone groups is 1. The van der Waals surface area contributed by atoms with Crippen molar-refractivity contribution in [3.63, 3.8) is 0 Å². The molecule has 1 atom stereocenters. The maximum Gasteiger partial charge on any atom is 0.240 e. The van der Waals surface area contributed by atoms with Gasteiger partial charge in [-0.2, -0.15) is 0 Å². The standard InChI is InChI=1S/C13H20N2O4S2/c1-10-7-12(5-4-11(10)8-14)21(18,19)15-9-13-3-2-6-20(13,16)17/h4-5,7,13,15H,2-3,6,8-9,14H2,1H3. The summed E-state index contributed by atoms with van der Waals surface area (Å²) in [4.78, 5) is 0.132. The van der Waals surface area contributed by atoms with Crippen molar-refractivity contribution in [2.75, 3.05) is 12.3 Å². The van der Waals surface area contributed by atoms with Gasteiger partial charge in [-0.1, -0.05) is 6.07 Å². The van der Waals surface area contributed by atoms with E-state index in [0.29, 0.717) is 19.4 Å². The molecule has 8 heteroatoms. The molecule has 0 bridgehead atoms. The first-order chi connectivity index (χ1) is 9.76. The van der Waals surface area contributed by atoms with Crippen molar-refractivity contribution < 1.29 is 16.8 Å². The summed E-state index contributed by atoms with van der Waals surface area (Å²) in [6, 6.07) is 4.71. The van der Waals surface area contributed by atoms with Gasteiger partial charge in [-0.25, -0.2) is 21.6 Å². The first-order valence-corrected chi connectivity index (χ1v) is 9.97. The van der Waals surface area contributed by atoms with E-state index in [2.05, 4.69) is 4.72 Å². The van der Waals surface area contributed by atoms with Gasteiger partial charge < -0.3 is 5.73 Å².